The minimum absolute atomic E-state index is 0.549. The van der Waals surface area contributed by atoms with Gasteiger partial charge in [0, 0.05) is 18.3 Å². The van der Waals surface area contributed by atoms with E-state index in [-0.39, 0.29) is 0 Å². The molecular formula is C14H17N5. The molecule has 0 radical (unpaired) electrons. The maximum Gasteiger partial charge on any atom is 0.201 e. The second-order valence-corrected chi connectivity index (χ2v) is 4.88. The molecule has 0 aliphatic carbocycles. The van der Waals surface area contributed by atoms with Crippen molar-refractivity contribution in [2.75, 3.05) is 5.73 Å². The predicted octanol–water partition coefficient (Wildman–Crippen LogP) is 2.02. The molecule has 98 valence electrons. The van der Waals surface area contributed by atoms with Crippen molar-refractivity contribution in [1.29, 1.82) is 0 Å². The molecule has 5 heteroatoms. The molecule has 2 heterocycles. The quantitative estimate of drug-likeness (QED) is 0.762. The number of hydrogen-bond donors (Lipinski definition) is 1. The van der Waals surface area contributed by atoms with Crippen molar-refractivity contribution >= 4 is 17.0 Å². The van der Waals surface area contributed by atoms with Crippen LogP contribution in [0.2, 0.25) is 0 Å². The molecule has 0 bridgehead atoms. The van der Waals surface area contributed by atoms with Crippen molar-refractivity contribution in [3.63, 3.8) is 0 Å². The fraction of sp³-hybridized carbons (Fsp3) is 0.286. The molecule has 0 aliphatic rings. The number of imidazole rings is 1. The van der Waals surface area contributed by atoms with Gasteiger partial charge in [0.1, 0.15) is 0 Å². The molecule has 0 aliphatic heterocycles. The third-order valence-electron chi connectivity index (χ3n) is 3.68. The molecule has 1 aromatic carbocycles. The van der Waals surface area contributed by atoms with E-state index in [1.165, 1.54) is 0 Å². The Balaban J connectivity index is 2.13. The van der Waals surface area contributed by atoms with Crippen LogP contribution >= 0.6 is 0 Å². The summed E-state index contributed by atoms with van der Waals surface area (Å²) in [6.45, 7) is 4.81. The molecule has 0 spiro atoms. The SMILES string of the molecule is Cc1cccc2c1nc(N)n2Cc1cnn(C)c1C. The predicted molar refractivity (Wildman–Crippen MR) is 75.9 cm³/mol. The number of anilines is 1. The highest BCUT2D eigenvalue weighted by atomic mass is 15.3. The maximum atomic E-state index is 6.05. The number of hydrogen-bond acceptors (Lipinski definition) is 3. The number of nitrogens with zero attached hydrogens (tertiary/aromatic N) is 4. The second-order valence-electron chi connectivity index (χ2n) is 4.88. The highest BCUT2D eigenvalue weighted by Gasteiger charge is 2.12. The molecule has 0 saturated heterocycles. The van der Waals surface area contributed by atoms with E-state index in [4.69, 9.17) is 5.73 Å². The summed E-state index contributed by atoms with van der Waals surface area (Å²) in [5.41, 5.74) is 11.5. The first-order chi connectivity index (χ1) is 9.08. The van der Waals surface area contributed by atoms with E-state index in [1.54, 1.807) is 0 Å². The summed E-state index contributed by atoms with van der Waals surface area (Å²) in [6, 6.07) is 6.14. The average molecular weight is 255 g/mol. The summed E-state index contributed by atoms with van der Waals surface area (Å²) in [5, 5.41) is 4.27. The van der Waals surface area contributed by atoms with Gasteiger partial charge >= 0.3 is 0 Å². The van der Waals surface area contributed by atoms with Crippen molar-refractivity contribution in [1.82, 2.24) is 19.3 Å². The molecule has 0 unspecified atom stereocenters. The number of nitrogen functional groups attached to an aromatic ring is 1. The van der Waals surface area contributed by atoms with Gasteiger partial charge < -0.3 is 10.3 Å². The summed E-state index contributed by atoms with van der Waals surface area (Å²) >= 11 is 0. The van der Waals surface area contributed by atoms with Crippen LogP contribution in [0.3, 0.4) is 0 Å². The molecule has 0 saturated carbocycles. The Morgan fingerprint density at radius 3 is 2.74 bits per heavy atom. The van der Waals surface area contributed by atoms with E-state index >= 15 is 0 Å². The Kier molecular flexibility index (Phi) is 2.55. The number of nitrogens with two attached hydrogens (primary N) is 1. The van der Waals surface area contributed by atoms with E-state index in [0.29, 0.717) is 12.5 Å². The van der Waals surface area contributed by atoms with E-state index in [9.17, 15) is 0 Å². The molecule has 2 aromatic heterocycles. The Hall–Kier alpha value is -2.30. The highest BCUT2D eigenvalue weighted by molar-refractivity contribution is 5.81. The normalized spacial score (nSPS) is 11.3. The smallest absolute Gasteiger partial charge is 0.201 e. The molecule has 3 aromatic rings. The fourth-order valence-corrected chi connectivity index (χ4v) is 2.34. The molecular weight excluding hydrogens is 238 g/mol. The molecule has 0 amide bonds. The number of para-hydroxylation sites is 1. The zero-order chi connectivity index (χ0) is 13.6. The number of benzene rings is 1. The van der Waals surface area contributed by atoms with Crippen LogP contribution in [0.4, 0.5) is 5.95 Å². The fourth-order valence-electron chi connectivity index (χ4n) is 2.34. The minimum atomic E-state index is 0.549. The van der Waals surface area contributed by atoms with Gasteiger partial charge in [-0.1, -0.05) is 12.1 Å². The number of aryl methyl sites for hydroxylation is 2. The lowest BCUT2D eigenvalue weighted by atomic mass is 10.2. The monoisotopic (exact) mass is 255 g/mol. The molecule has 0 fully saturated rings. The van der Waals surface area contributed by atoms with Crippen LogP contribution in [0.5, 0.6) is 0 Å². The lowest BCUT2D eigenvalue weighted by Crippen LogP contribution is -2.05. The Bertz CT molecular complexity index is 751. The van der Waals surface area contributed by atoms with E-state index in [1.807, 2.05) is 28.6 Å². The van der Waals surface area contributed by atoms with Gasteiger partial charge in [-0.2, -0.15) is 5.10 Å². The van der Waals surface area contributed by atoms with Gasteiger partial charge in [0.25, 0.3) is 0 Å². The maximum absolute atomic E-state index is 6.05. The second kappa shape index (κ2) is 4.12. The van der Waals surface area contributed by atoms with Crippen LogP contribution in [0, 0.1) is 13.8 Å². The van der Waals surface area contributed by atoms with Crippen LogP contribution in [-0.2, 0) is 13.6 Å². The van der Waals surface area contributed by atoms with Gasteiger partial charge in [-0.15, -0.1) is 0 Å². The first kappa shape index (κ1) is 11.8. The Morgan fingerprint density at radius 1 is 1.26 bits per heavy atom. The van der Waals surface area contributed by atoms with Crippen LogP contribution in [0.25, 0.3) is 11.0 Å². The minimum Gasteiger partial charge on any atom is -0.369 e. The first-order valence-electron chi connectivity index (χ1n) is 6.26. The van der Waals surface area contributed by atoms with Crippen molar-refractivity contribution in [2.45, 2.75) is 20.4 Å². The lowest BCUT2D eigenvalue weighted by Gasteiger charge is -2.06. The zero-order valence-corrected chi connectivity index (χ0v) is 11.4. The van der Waals surface area contributed by atoms with Gasteiger partial charge in [0.15, 0.2) is 0 Å². The van der Waals surface area contributed by atoms with Crippen molar-refractivity contribution < 1.29 is 0 Å². The van der Waals surface area contributed by atoms with Crippen LogP contribution < -0.4 is 5.73 Å². The number of rotatable bonds is 2. The van der Waals surface area contributed by atoms with Gasteiger partial charge in [-0.3, -0.25) is 4.68 Å². The Morgan fingerprint density at radius 2 is 2.05 bits per heavy atom. The summed E-state index contributed by atoms with van der Waals surface area (Å²) < 4.78 is 3.90. The van der Waals surface area contributed by atoms with Gasteiger partial charge in [0.05, 0.1) is 23.8 Å². The summed E-state index contributed by atoms with van der Waals surface area (Å²) in [6.07, 6.45) is 1.89. The molecule has 19 heavy (non-hydrogen) atoms. The van der Waals surface area contributed by atoms with E-state index in [0.717, 1.165) is 27.9 Å². The van der Waals surface area contributed by atoms with Gasteiger partial charge in [-0.25, -0.2) is 4.98 Å². The molecule has 5 nitrogen and oxygen atoms in total. The van der Waals surface area contributed by atoms with Crippen LogP contribution in [-0.4, -0.2) is 19.3 Å². The van der Waals surface area contributed by atoms with Gasteiger partial charge in [-0.05, 0) is 25.5 Å². The number of aromatic nitrogens is 4. The molecule has 2 N–H and O–H groups in total. The standard InChI is InChI=1S/C14H17N5/c1-9-5-4-6-12-13(9)17-14(15)19(12)8-11-7-16-18(3)10(11)2/h4-7H,8H2,1-3H3,(H2,15,17). The summed E-state index contributed by atoms with van der Waals surface area (Å²) in [4.78, 5) is 4.46. The average Bonchev–Trinajstić information content (AvgIpc) is 2.86. The van der Waals surface area contributed by atoms with Crippen LogP contribution in [0.15, 0.2) is 24.4 Å². The summed E-state index contributed by atoms with van der Waals surface area (Å²) in [5.74, 6) is 0.549. The summed E-state index contributed by atoms with van der Waals surface area (Å²) in [7, 11) is 1.94. The van der Waals surface area contributed by atoms with E-state index < -0.39 is 0 Å². The van der Waals surface area contributed by atoms with Gasteiger partial charge in [0.2, 0.25) is 5.95 Å². The van der Waals surface area contributed by atoms with E-state index in [2.05, 4.69) is 36.1 Å². The zero-order valence-electron chi connectivity index (χ0n) is 11.4. The third kappa shape index (κ3) is 1.78. The third-order valence-corrected chi connectivity index (χ3v) is 3.68. The molecule has 3 rings (SSSR count). The van der Waals surface area contributed by atoms with Crippen molar-refractivity contribution in [2.24, 2.45) is 7.05 Å². The van der Waals surface area contributed by atoms with Crippen LogP contribution in [0.1, 0.15) is 16.8 Å². The number of fused-ring (bicyclic) bond motifs is 1. The molecule has 0 atom stereocenters. The first-order valence-corrected chi connectivity index (χ1v) is 6.26. The lowest BCUT2D eigenvalue weighted by molar-refractivity contribution is 0.734. The van der Waals surface area contributed by atoms with Crippen molar-refractivity contribution in [3.8, 4) is 0 Å². The topological polar surface area (TPSA) is 61.7 Å². The Labute approximate surface area is 111 Å². The largest absolute Gasteiger partial charge is 0.369 e. The highest BCUT2D eigenvalue weighted by Crippen LogP contribution is 2.22. The van der Waals surface area contributed by atoms with Crippen molar-refractivity contribution in [3.05, 3.63) is 41.2 Å².